The van der Waals surface area contributed by atoms with Crippen LogP contribution in [0.1, 0.15) is 24.8 Å². The lowest BCUT2D eigenvalue weighted by Gasteiger charge is -2.25. The van der Waals surface area contributed by atoms with E-state index in [0.717, 1.165) is 22.9 Å². The molecule has 2 aliphatic heterocycles. The van der Waals surface area contributed by atoms with Gasteiger partial charge in [0.1, 0.15) is 0 Å². The van der Waals surface area contributed by atoms with Crippen molar-refractivity contribution in [2.24, 2.45) is 0 Å². The molecular weight excluding hydrogens is 352 g/mol. The molecule has 0 N–H and O–H groups in total. The number of sulfonamides is 1. The average Bonchev–Trinajstić information content (AvgIpc) is 2.65. The van der Waals surface area contributed by atoms with E-state index < -0.39 is 10.0 Å². The Morgan fingerprint density at radius 2 is 1.90 bits per heavy atom. The van der Waals surface area contributed by atoms with E-state index in [1.165, 1.54) is 6.42 Å². The second kappa shape index (κ2) is 5.65. The molecule has 2 bridgehead atoms. The van der Waals surface area contributed by atoms with Gasteiger partial charge >= 0.3 is 0 Å². The summed E-state index contributed by atoms with van der Waals surface area (Å²) in [5.74, 6) is 0. The molecule has 0 radical (unpaired) electrons. The van der Waals surface area contributed by atoms with Crippen LogP contribution >= 0.6 is 15.9 Å². The van der Waals surface area contributed by atoms with E-state index in [0.29, 0.717) is 30.1 Å². The number of hydrogen-bond acceptors (Lipinski definition) is 3. The zero-order chi connectivity index (χ0) is 15.2. The Kier molecular flexibility index (Phi) is 4.16. The summed E-state index contributed by atoms with van der Waals surface area (Å²) >= 11 is 3.42. The fourth-order valence-electron chi connectivity index (χ4n) is 3.42. The maximum Gasteiger partial charge on any atom is 0.243 e. The highest BCUT2D eigenvalue weighted by atomic mass is 79.9. The molecule has 2 atom stereocenters. The molecule has 0 saturated carbocycles. The summed E-state index contributed by atoms with van der Waals surface area (Å²) in [6.45, 7) is 3.16. The minimum atomic E-state index is -3.38. The van der Waals surface area contributed by atoms with Gasteiger partial charge in [-0.05, 0) is 57.0 Å². The van der Waals surface area contributed by atoms with Gasteiger partial charge in [0.05, 0.1) is 4.90 Å². The van der Waals surface area contributed by atoms with Crippen molar-refractivity contribution in [2.45, 2.75) is 43.2 Å². The lowest BCUT2D eigenvalue weighted by atomic mass is 10.1. The molecule has 21 heavy (non-hydrogen) atoms. The molecule has 6 heteroatoms. The largest absolute Gasteiger partial charge is 0.299 e. The van der Waals surface area contributed by atoms with E-state index in [9.17, 15) is 8.42 Å². The zero-order valence-corrected chi connectivity index (χ0v) is 14.8. The Bertz CT molecular complexity index is 647. The zero-order valence-electron chi connectivity index (χ0n) is 12.4. The predicted octanol–water partition coefficient (Wildman–Crippen LogP) is 2.61. The van der Waals surface area contributed by atoms with Crippen LogP contribution in [-0.4, -0.2) is 49.8 Å². The van der Waals surface area contributed by atoms with Crippen LogP contribution in [0, 0.1) is 6.92 Å². The summed E-state index contributed by atoms with van der Waals surface area (Å²) in [4.78, 5) is 2.77. The molecule has 116 valence electrons. The molecule has 2 fully saturated rings. The maximum absolute atomic E-state index is 12.9. The minimum Gasteiger partial charge on any atom is -0.299 e. The van der Waals surface area contributed by atoms with Gasteiger partial charge in [0.25, 0.3) is 0 Å². The highest BCUT2D eigenvalue weighted by molar-refractivity contribution is 9.10. The Balaban J connectivity index is 1.89. The third kappa shape index (κ3) is 2.79. The van der Waals surface area contributed by atoms with Crippen molar-refractivity contribution in [3.05, 3.63) is 28.2 Å². The number of aryl methyl sites for hydroxylation is 1. The number of rotatable bonds is 2. The lowest BCUT2D eigenvalue weighted by molar-refractivity contribution is 0.246. The first-order valence-electron chi connectivity index (χ1n) is 7.38. The Morgan fingerprint density at radius 1 is 1.19 bits per heavy atom. The SMILES string of the molecule is Cc1cc(S(=O)(=O)N2CCC3CCC(C2)N3C)ccc1Br. The van der Waals surface area contributed by atoms with E-state index in [-0.39, 0.29) is 0 Å². The highest BCUT2D eigenvalue weighted by Gasteiger charge is 2.38. The highest BCUT2D eigenvalue weighted by Crippen LogP contribution is 2.31. The molecule has 4 nitrogen and oxygen atoms in total. The topological polar surface area (TPSA) is 40.6 Å². The first-order chi connectivity index (χ1) is 9.89. The molecule has 2 aliphatic rings. The summed E-state index contributed by atoms with van der Waals surface area (Å²) in [7, 11) is -1.26. The molecule has 2 heterocycles. The summed E-state index contributed by atoms with van der Waals surface area (Å²) in [6, 6.07) is 6.18. The van der Waals surface area contributed by atoms with Crippen molar-refractivity contribution in [1.29, 1.82) is 0 Å². The van der Waals surface area contributed by atoms with Gasteiger partial charge in [-0.3, -0.25) is 4.90 Å². The first-order valence-corrected chi connectivity index (χ1v) is 9.61. The smallest absolute Gasteiger partial charge is 0.243 e. The van der Waals surface area contributed by atoms with Gasteiger partial charge in [0.2, 0.25) is 10.0 Å². The fraction of sp³-hybridized carbons (Fsp3) is 0.600. The summed E-state index contributed by atoms with van der Waals surface area (Å²) in [5, 5.41) is 0. The standard InChI is InChI=1S/C15H21BrN2O2S/c1-11-9-14(5-6-15(11)16)21(19,20)18-8-7-12-3-4-13(10-18)17(12)2/h5-6,9,12-13H,3-4,7-8,10H2,1-2H3. The molecule has 3 rings (SSSR count). The van der Waals surface area contributed by atoms with E-state index in [1.807, 2.05) is 13.0 Å². The van der Waals surface area contributed by atoms with Gasteiger partial charge < -0.3 is 0 Å². The normalized spacial score (nSPS) is 27.8. The quantitative estimate of drug-likeness (QED) is 0.800. The molecule has 0 aliphatic carbocycles. The number of benzene rings is 1. The van der Waals surface area contributed by atoms with Crippen LogP contribution < -0.4 is 0 Å². The first kappa shape index (κ1) is 15.5. The molecule has 1 aromatic rings. The molecule has 2 saturated heterocycles. The van der Waals surface area contributed by atoms with Crippen LogP contribution in [0.3, 0.4) is 0 Å². The molecule has 1 aromatic carbocycles. The molecular formula is C15H21BrN2O2S. The van der Waals surface area contributed by atoms with Gasteiger partial charge in [0.15, 0.2) is 0 Å². The van der Waals surface area contributed by atoms with Gasteiger partial charge in [-0.2, -0.15) is 4.31 Å². The summed E-state index contributed by atoms with van der Waals surface area (Å²) in [6.07, 6.45) is 3.24. The van der Waals surface area contributed by atoms with Crippen LogP contribution in [0.2, 0.25) is 0 Å². The van der Waals surface area contributed by atoms with Crippen molar-refractivity contribution in [2.75, 3.05) is 20.1 Å². The number of nitrogens with zero attached hydrogens (tertiary/aromatic N) is 2. The van der Waals surface area contributed by atoms with Crippen molar-refractivity contribution in [3.8, 4) is 0 Å². The predicted molar refractivity (Wildman–Crippen MR) is 86.8 cm³/mol. The van der Waals surface area contributed by atoms with Crippen LogP contribution in [0.25, 0.3) is 0 Å². The second-order valence-electron chi connectivity index (χ2n) is 6.11. The van der Waals surface area contributed by atoms with Crippen molar-refractivity contribution in [1.82, 2.24) is 9.21 Å². The van der Waals surface area contributed by atoms with E-state index >= 15 is 0 Å². The van der Waals surface area contributed by atoms with Gasteiger partial charge in [-0.1, -0.05) is 15.9 Å². The molecule has 2 unspecified atom stereocenters. The van der Waals surface area contributed by atoms with Crippen molar-refractivity contribution >= 4 is 26.0 Å². The third-order valence-electron chi connectivity index (χ3n) is 4.88. The number of hydrogen-bond donors (Lipinski definition) is 0. The monoisotopic (exact) mass is 372 g/mol. The minimum absolute atomic E-state index is 0.365. The van der Waals surface area contributed by atoms with Crippen LogP contribution in [0.4, 0.5) is 0 Å². The molecule has 0 aromatic heterocycles. The van der Waals surface area contributed by atoms with E-state index in [1.54, 1.807) is 16.4 Å². The van der Waals surface area contributed by atoms with Crippen molar-refractivity contribution in [3.63, 3.8) is 0 Å². The van der Waals surface area contributed by atoms with Gasteiger partial charge in [0, 0.05) is 29.6 Å². The van der Waals surface area contributed by atoms with E-state index in [2.05, 4.69) is 27.9 Å². The Hall–Kier alpha value is -0.430. The lowest BCUT2D eigenvalue weighted by Crippen LogP contribution is -2.39. The Labute approximate surface area is 135 Å². The molecule has 0 spiro atoms. The summed E-state index contributed by atoms with van der Waals surface area (Å²) in [5.41, 5.74) is 0.949. The average molecular weight is 373 g/mol. The van der Waals surface area contributed by atoms with Crippen LogP contribution in [0.5, 0.6) is 0 Å². The van der Waals surface area contributed by atoms with Gasteiger partial charge in [-0.15, -0.1) is 0 Å². The Morgan fingerprint density at radius 3 is 2.62 bits per heavy atom. The molecule has 0 amide bonds. The van der Waals surface area contributed by atoms with Gasteiger partial charge in [-0.25, -0.2) is 8.42 Å². The van der Waals surface area contributed by atoms with E-state index in [4.69, 9.17) is 0 Å². The number of fused-ring (bicyclic) bond motifs is 2. The van der Waals surface area contributed by atoms with Crippen LogP contribution in [-0.2, 0) is 10.0 Å². The third-order valence-corrected chi connectivity index (χ3v) is 7.63. The number of likely N-dealkylation sites (N-methyl/N-ethyl adjacent to an activating group) is 1. The summed E-state index contributed by atoms with van der Waals surface area (Å²) < 4.78 is 28.4. The number of halogens is 1. The second-order valence-corrected chi connectivity index (χ2v) is 8.91. The fourth-order valence-corrected chi connectivity index (χ4v) is 5.25. The van der Waals surface area contributed by atoms with Crippen LogP contribution in [0.15, 0.2) is 27.6 Å². The van der Waals surface area contributed by atoms with Crippen molar-refractivity contribution < 1.29 is 8.42 Å². The maximum atomic E-state index is 12.9.